The van der Waals surface area contributed by atoms with Crippen molar-refractivity contribution in [1.29, 1.82) is 0 Å². The van der Waals surface area contributed by atoms with Crippen LogP contribution in [0.2, 0.25) is 5.02 Å². The lowest BCUT2D eigenvalue weighted by atomic mass is 10.1. The number of aromatic nitrogens is 2. The van der Waals surface area contributed by atoms with Crippen molar-refractivity contribution in [3.63, 3.8) is 0 Å². The Morgan fingerprint density at radius 2 is 1.66 bits per heavy atom. The molecule has 4 aromatic rings. The fourth-order valence-electron chi connectivity index (χ4n) is 3.06. The van der Waals surface area contributed by atoms with Gasteiger partial charge >= 0.3 is 6.18 Å². The largest absolute Gasteiger partial charge is 0.417 e. The third kappa shape index (κ3) is 4.17. The summed E-state index contributed by atoms with van der Waals surface area (Å²) >= 11 is 5.90. The zero-order valence-electron chi connectivity index (χ0n) is 15.0. The summed E-state index contributed by atoms with van der Waals surface area (Å²) in [7, 11) is 0. The third-order valence-corrected chi connectivity index (χ3v) is 4.75. The summed E-state index contributed by atoms with van der Waals surface area (Å²) in [5.41, 5.74) is 1.61. The molecule has 0 unspecified atom stereocenters. The van der Waals surface area contributed by atoms with Gasteiger partial charge in [0.25, 0.3) is 0 Å². The van der Waals surface area contributed by atoms with E-state index in [2.05, 4.69) is 15.3 Å². The van der Waals surface area contributed by atoms with Crippen LogP contribution in [0.3, 0.4) is 0 Å². The molecule has 0 aliphatic carbocycles. The van der Waals surface area contributed by atoms with Crippen molar-refractivity contribution in [3.05, 3.63) is 89.1 Å². The number of fused-ring (bicyclic) bond motifs is 1. The van der Waals surface area contributed by atoms with Crippen LogP contribution in [0.1, 0.15) is 11.1 Å². The summed E-state index contributed by atoms with van der Waals surface area (Å²) in [6.45, 7) is 0.564. The molecule has 0 atom stereocenters. The first-order valence-electron chi connectivity index (χ1n) is 8.82. The molecule has 0 radical (unpaired) electrons. The number of benzene rings is 3. The topological polar surface area (TPSA) is 37.8 Å². The highest BCUT2D eigenvalue weighted by molar-refractivity contribution is 6.30. The number of rotatable bonds is 4. The van der Waals surface area contributed by atoms with Gasteiger partial charge in [0.1, 0.15) is 0 Å². The molecule has 29 heavy (non-hydrogen) atoms. The Hall–Kier alpha value is -3.12. The van der Waals surface area contributed by atoms with Gasteiger partial charge in [-0.15, -0.1) is 0 Å². The van der Waals surface area contributed by atoms with E-state index in [0.29, 0.717) is 17.1 Å². The lowest BCUT2D eigenvalue weighted by Gasteiger charge is -2.13. The molecule has 0 bridgehead atoms. The highest BCUT2D eigenvalue weighted by Crippen LogP contribution is 2.36. The van der Waals surface area contributed by atoms with E-state index in [1.807, 2.05) is 30.3 Å². The molecular formula is C22H15ClF3N3. The van der Waals surface area contributed by atoms with Gasteiger partial charge in [-0.2, -0.15) is 13.2 Å². The molecule has 146 valence electrons. The van der Waals surface area contributed by atoms with Crippen LogP contribution in [-0.4, -0.2) is 9.97 Å². The monoisotopic (exact) mass is 413 g/mol. The molecule has 3 aromatic carbocycles. The van der Waals surface area contributed by atoms with E-state index >= 15 is 0 Å². The van der Waals surface area contributed by atoms with Crippen LogP contribution < -0.4 is 5.32 Å². The van der Waals surface area contributed by atoms with Crippen LogP contribution in [0.4, 0.5) is 18.9 Å². The van der Waals surface area contributed by atoms with Crippen LogP contribution in [0, 0.1) is 0 Å². The zero-order chi connectivity index (χ0) is 20.4. The van der Waals surface area contributed by atoms with Crippen molar-refractivity contribution in [2.24, 2.45) is 0 Å². The number of nitrogens with one attached hydrogen (secondary N) is 1. The van der Waals surface area contributed by atoms with E-state index in [4.69, 9.17) is 11.6 Å². The number of halogens is 4. The molecule has 0 saturated carbocycles. The summed E-state index contributed by atoms with van der Waals surface area (Å²) in [6, 6.07) is 18.2. The molecule has 3 nitrogen and oxygen atoms in total. The number of hydrogen-bond acceptors (Lipinski definition) is 3. The van der Waals surface area contributed by atoms with E-state index < -0.39 is 11.7 Å². The van der Waals surface area contributed by atoms with Crippen molar-refractivity contribution in [1.82, 2.24) is 9.97 Å². The Kier molecular flexibility index (Phi) is 5.11. The molecule has 4 rings (SSSR count). The molecular weight excluding hydrogens is 399 g/mol. The summed E-state index contributed by atoms with van der Waals surface area (Å²) in [6.07, 6.45) is -2.92. The van der Waals surface area contributed by atoms with Gasteiger partial charge in [0, 0.05) is 34.4 Å². The summed E-state index contributed by atoms with van der Waals surface area (Å²) in [4.78, 5) is 8.59. The number of anilines is 1. The summed E-state index contributed by atoms with van der Waals surface area (Å²) in [5, 5.41) is 4.71. The second-order valence-electron chi connectivity index (χ2n) is 6.46. The standard InChI is InChI=1S/C22H15ClF3N3/c23-15-10-8-14(9-11-15)12-27-19-6-3-7-20-17(19)13-28-21(29-20)16-4-1-2-5-18(16)22(24,25)26/h1-11,13,27H,12H2. The molecule has 7 heteroatoms. The zero-order valence-corrected chi connectivity index (χ0v) is 15.8. The van der Waals surface area contributed by atoms with Gasteiger partial charge in [-0.05, 0) is 35.9 Å². The van der Waals surface area contributed by atoms with Gasteiger partial charge in [0.05, 0.1) is 11.1 Å². The number of alkyl halides is 3. The summed E-state index contributed by atoms with van der Waals surface area (Å²) < 4.78 is 40.0. The quantitative estimate of drug-likeness (QED) is 0.410. The molecule has 1 N–H and O–H groups in total. The molecule has 0 saturated heterocycles. The average Bonchev–Trinajstić information content (AvgIpc) is 2.72. The molecule has 0 aliphatic heterocycles. The van der Waals surface area contributed by atoms with Crippen LogP contribution in [-0.2, 0) is 12.7 Å². The van der Waals surface area contributed by atoms with Gasteiger partial charge in [0.2, 0.25) is 0 Å². The maximum Gasteiger partial charge on any atom is 0.417 e. The molecule has 1 aromatic heterocycles. The maximum atomic E-state index is 13.3. The Morgan fingerprint density at radius 3 is 2.41 bits per heavy atom. The van der Waals surface area contributed by atoms with Crippen molar-refractivity contribution in [3.8, 4) is 11.4 Å². The SMILES string of the molecule is FC(F)(F)c1ccccc1-c1ncc2c(NCc3ccc(Cl)cc3)cccc2n1. The van der Waals surface area contributed by atoms with Crippen LogP contribution in [0.15, 0.2) is 72.9 Å². The van der Waals surface area contributed by atoms with Gasteiger partial charge in [-0.1, -0.05) is 48.0 Å². The third-order valence-electron chi connectivity index (χ3n) is 4.49. The Morgan fingerprint density at radius 1 is 0.897 bits per heavy atom. The smallest absolute Gasteiger partial charge is 0.380 e. The lowest BCUT2D eigenvalue weighted by molar-refractivity contribution is -0.137. The predicted molar refractivity (Wildman–Crippen MR) is 109 cm³/mol. The Bertz CT molecular complexity index is 1160. The average molecular weight is 414 g/mol. The summed E-state index contributed by atoms with van der Waals surface area (Å²) in [5.74, 6) is 0.0419. The van der Waals surface area contributed by atoms with Gasteiger partial charge < -0.3 is 5.32 Å². The van der Waals surface area contributed by atoms with E-state index in [9.17, 15) is 13.2 Å². The van der Waals surface area contributed by atoms with Gasteiger partial charge in [-0.25, -0.2) is 9.97 Å². The Balaban J connectivity index is 1.67. The van der Waals surface area contributed by atoms with Crippen LogP contribution >= 0.6 is 11.6 Å². The highest BCUT2D eigenvalue weighted by atomic mass is 35.5. The van der Waals surface area contributed by atoms with Crippen LogP contribution in [0.5, 0.6) is 0 Å². The first kappa shape index (κ1) is 19.2. The first-order valence-corrected chi connectivity index (χ1v) is 9.20. The predicted octanol–water partition coefficient (Wildman–Crippen LogP) is 6.58. The fourth-order valence-corrected chi connectivity index (χ4v) is 3.19. The van der Waals surface area contributed by atoms with E-state index in [0.717, 1.165) is 22.7 Å². The number of hydrogen-bond donors (Lipinski definition) is 1. The first-order chi connectivity index (χ1) is 13.9. The molecule has 0 spiro atoms. The maximum absolute atomic E-state index is 13.3. The molecule has 1 heterocycles. The fraction of sp³-hybridized carbons (Fsp3) is 0.0909. The minimum atomic E-state index is -4.48. The van der Waals surface area contributed by atoms with Gasteiger partial charge in [0.15, 0.2) is 5.82 Å². The second kappa shape index (κ2) is 7.72. The van der Waals surface area contributed by atoms with E-state index in [1.165, 1.54) is 12.1 Å². The van der Waals surface area contributed by atoms with Crippen molar-refractivity contribution < 1.29 is 13.2 Å². The molecule has 0 aliphatic rings. The van der Waals surface area contributed by atoms with E-state index in [1.54, 1.807) is 24.4 Å². The minimum Gasteiger partial charge on any atom is -0.380 e. The minimum absolute atomic E-state index is 0.0403. The van der Waals surface area contributed by atoms with Crippen LogP contribution in [0.25, 0.3) is 22.3 Å². The van der Waals surface area contributed by atoms with Crippen molar-refractivity contribution >= 4 is 28.2 Å². The Labute approximate surface area is 170 Å². The van der Waals surface area contributed by atoms with Crippen molar-refractivity contribution in [2.45, 2.75) is 12.7 Å². The highest BCUT2D eigenvalue weighted by Gasteiger charge is 2.34. The number of nitrogens with zero attached hydrogens (tertiary/aromatic N) is 2. The van der Waals surface area contributed by atoms with Crippen molar-refractivity contribution in [2.75, 3.05) is 5.32 Å². The normalized spacial score (nSPS) is 11.6. The van der Waals surface area contributed by atoms with Gasteiger partial charge in [-0.3, -0.25) is 0 Å². The van der Waals surface area contributed by atoms with E-state index in [-0.39, 0.29) is 11.4 Å². The lowest BCUT2D eigenvalue weighted by Crippen LogP contribution is -2.08. The molecule has 0 amide bonds. The molecule has 0 fully saturated rings. The second-order valence-corrected chi connectivity index (χ2v) is 6.89.